The van der Waals surface area contributed by atoms with Gasteiger partial charge in [0.1, 0.15) is 5.75 Å². The zero-order valence-electron chi connectivity index (χ0n) is 14.2. The second-order valence-electron chi connectivity index (χ2n) is 5.52. The number of hydrogen-bond acceptors (Lipinski definition) is 5. The van der Waals surface area contributed by atoms with Crippen LogP contribution in [0.4, 0.5) is 5.69 Å². The van der Waals surface area contributed by atoms with Gasteiger partial charge in [-0.2, -0.15) is 0 Å². The van der Waals surface area contributed by atoms with Crippen LogP contribution in [0.1, 0.15) is 10.4 Å². The fourth-order valence-corrected chi connectivity index (χ4v) is 3.67. The molecule has 0 fully saturated rings. The molecule has 7 heteroatoms. The van der Waals surface area contributed by atoms with Gasteiger partial charge in [0.25, 0.3) is 10.0 Å². The number of anilines is 1. The number of rotatable bonds is 5. The van der Waals surface area contributed by atoms with Crippen molar-refractivity contribution in [1.29, 1.82) is 0 Å². The molecule has 0 saturated heterocycles. The molecule has 0 bridgehead atoms. The molecule has 134 valence electrons. The minimum atomic E-state index is -3.87. The SMILES string of the molecule is COC(=O)c1ccc(OC)c(NS(=O)(=O)c2ccc3ccccc3c2)c1. The predicted octanol–water partition coefficient (Wildman–Crippen LogP) is 3.44. The third-order valence-electron chi connectivity index (χ3n) is 3.90. The summed E-state index contributed by atoms with van der Waals surface area (Å²) in [4.78, 5) is 11.8. The van der Waals surface area contributed by atoms with Crippen molar-refractivity contribution in [3.05, 3.63) is 66.2 Å². The van der Waals surface area contributed by atoms with E-state index in [2.05, 4.69) is 9.46 Å². The smallest absolute Gasteiger partial charge is 0.337 e. The molecule has 26 heavy (non-hydrogen) atoms. The largest absolute Gasteiger partial charge is 0.495 e. The van der Waals surface area contributed by atoms with Gasteiger partial charge in [0.05, 0.1) is 30.4 Å². The molecule has 0 aliphatic heterocycles. The molecule has 3 aromatic rings. The van der Waals surface area contributed by atoms with Gasteiger partial charge in [0, 0.05) is 0 Å². The molecule has 3 aromatic carbocycles. The molecule has 3 rings (SSSR count). The number of ether oxygens (including phenoxy) is 2. The van der Waals surface area contributed by atoms with Crippen molar-refractivity contribution >= 4 is 32.5 Å². The first-order valence-electron chi connectivity index (χ1n) is 7.72. The Morgan fingerprint density at radius 2 is 1.65 bits per heavy atom. The molecule has 0 radical (unpaired) electrons. The highest BCUT2D eigenvalue weighted by molar-refractivity contribution is 7.92. The number of carbonyl (C=O) groups excluding carboxylic acids is 1. The van der Waals surface area contributed by atoms with Crippen LogP contribution < -0.4 is 9.46 Å². The van der Waals surface area contributed by atoms with Crippen LogP contribution in [0.3, 0.4) is 0 Å². The van der Waals surface area contributed by atoms with Crippen molar-refractivity contribution in [2.45, 2.75) is 4.90 Å². The van der Waals surface area contributed by atoms with E-state index in [-0.39, 0.29) is 16.1 Å². The van der Waals surface area contributed by atoms with Crippen LogP contribution in [0.2, 0.25) is 0 Å². The number of hydrogen-bond donors (Lipinski definition) is 1. The molecule has 0 saturated carbocycles. The van der Waals surface area contributed by atoms with Gasteiger partial charge in [-0.15, -0.1) is 0 Å². The minimum absolute atomic E-state index is 0.113. The summed E-state index contributed by atoms with van der Waals surface area (Å²) < 4.78 is 37.9. The number of nitrogens with one attached hydrogen (secondary N) is 1. The van der Waals surface area contributed by atoms with Crippen LogP contribution in [-0.4, -0.2) is 28.6 Å². The van der Waals surface area contributed by atoms with E-state index >= 15 is 0 Å². The maximum Gasteiger partial charge on any atom is 0.337 e. The normalized spacial score (nSPS) is 11.2. The van der Waals surface area contributed by atoms with E-state index in [0.29, 0.717) is 5.75 Å². The fraction of sp³-hybridized carbons (Fsp3) is 0.105. The minimum Gasteiger partial charge on any atom is -0.495 e. The van der Waals surface area contributed by atoms with Crippen molar-refractivity contribution in [3.63, 3.8) is 0 Å². The fourth-order valence-electron chi connectivity index (χ4n) is 2.57. The Balaban J connectivity index is 2.01. The Bertz CT molecular complexity index is 1080. The second kappa shape index (κ2) is 7.05. The lowest BCUT2D eigenvalue weighted by molar-refractivity contribution is 0.0600. The lowest BCUT2D eigenvalue weighted by Crippen LogP contribution is -2.14. The average molecular weight is 371 g/mol. The van der Waals surface area contributed by atoms with Gasteiger partial charge >= 0.3 is 5.97 Å². The molecule has 0 aromatic heterocycles. The van der Waals surface area contributed by atoms with Gasteiger partial charge in [-0.25, -0.2) is 13.2 Å². The van der Waals surface area contributed by atoms with Crippen LogP contribution in [0.5, 0.6) is 5.75 Å². The summed E-state index contributed by atoms with van der Waals surface area (Å²) in [5, 5.41) is 1.75. The maximum atomic E-state index is 12.8. The van der Waals surface area contributed by atoms with Crippen molar-refractivity contribution < 1.29 is 22.7 Å². The summed E-state index contributed by atoms with van der Waals surface area (Å²) in [7, 11) is -1.20. The summed E-state index contributed by atoms with van der Waals surface area (Å²) in [5.41, 5.74) is 0.369. The first kappa shape index (κ1) is 17.8. The molecule has 0 unspecified atom stereocenters. The Morgan fingerprint density at radius 1 is 0.923 bits per heavy atom. The van der Waals surface area contributed by atoms with Gasteiger partial charge in [0.15, 0.2) is 0 Å². The number of fused-ring (bicyclic) bond motifs is 1. The van der Waals surface area contributed by atoms with E-state index in [1.54, 1.807) is 12.1 Å². The van der Waals surface area contributed by atoms with Crippen LogP contribution in [-0.2, 0) is 14.8 Å². The van der Waals surface area contributed by atoms with Crippen LogP contribution in [0, 0.1) is 0 Å². The molecule has 0 atom stereocenters. The summed E-state index contributed by atoms with van der Waals surface area (Å²) in [6, 6.07) is 16.7. The zero-order chi connectivity index (χ0) is 18.7. The number of benzene rings is 3. The highest BCUT2D eigenvalue weighted by Gasteiger charge is 2.19. The van der Waals surface area contributed by atoms with Crippen molar-refractivity contribution in [3.8, 4) is 5.75 Å². The third-order valence-corrected chi connectivity index (χ3v) is 5.26. The lowest BCUT2D eigenvalue weighted by Gasteiger charge is -2.13. The van der Waals surface area contributed by atoms with Crippen LogP contribution in [0.15, 0.2) is 65.6 Å². The lowest BCUT2D eigenvalue weighted by atomic mass is 10.1. The monoisotopic (exact) mass is 371 g/mol. The van der Waals surface area contributed by atoms with E-state index in [0.717, 1.165) is 10.8 Å². The van der Waals surface area contributed by atoms with E-state index in [1.165, 1.54) is 38.5 Å². The first-order chi connectivity index (χ1) is 12.4. The van der Waals surface area contributed by atoms with Gasteiger partial charge in [-0.1, -0.05) is 30.3 Å². The van der Waals surface area contributed by atoms with Crippen molar-refractivity contribution in [1.82, 2.24) is 0 Å². The first-order valence-corrected chi connectivity index (χ1v) is 9.21. The van der Waals surface area contributed by atoms with Gasteiger partial charge in [0.2, 0.25) is 0 Å². The van der Waals surface area contributed by atoms with E-state index in [1.807, 2.05) is 24.3 Å². The summed E-state index contributed by atoms with van der Waals surface area (Å²) in [6.07, 6.45) is 0. The van der Waals surface area contributed by atoms with Gasteiger partial charge < -0.3 is 9.47 Å². The van der Waals surface area contributed by atoms with Crippen LogP contribution >= 0.6 is 0 Å². The van der Waals surface area contributed by atoms with E-state index < -0.39 is 16.0 Å². The average Bonchev–Trinajstić information content (AvgIpc) is 2.66. The predicted molar refractivity (Wildman–Crippen MR) is 99.1 cm³/mol. The van der Waals surface area contributed by atoms with Crippen molar-refractivity contribution in [2.24, 2.45) is 0 Å². The molecule has 1 N–H and O–H groups in total. The molecule has 0 aliphatic rings. The number of esters is 1. The molecule has 0 aliphatic carbocycles. The Hall–Kier alpha value is -3.06. The van der Waals surface area contributed by atoms with E-state index in [4.69, 9.17) is 4.74 Å². The summed E-state index contributed by atoms with van der Waals surface area (Å²) >= 11 is 0. The van der Waals surface area contributed by atoms with Gasteiger partial charge in [-0.3, -0.25) is 4.72 Å². The molecule has 6 nitrogen and oxygen atoms in total. The third kappa shape index (κ3) is 3.48. The molecule has 0 heterocycles. The summed E-state index contributed by atoms with van der Waals surface area (Å²) in [5.74, 6) is -0.277. The molecule has 0 spiro atoms. The standard InChI is InChI=1S/C19H17NO5S/c1-24-18-10-8-15(19(21)25-2)12-17(18)20-26(22,23)16-9-7-13-5-3-4-6-14(13)11-16/h3-12,20H,1-2H3. The highest BCUT2D eigenvalue weighted by Crippen LogP contribution is 2.29. The number of sulfonamides is 1. The second-order valence-corrected chi connectivity index (χ2v) is 7.20. The molecule has 0 amide bonds. The number of methoxy groups -OCH3 is 2. The highest BCUT2D eigenvalue weighted by atomic mass is 32.2. The van der Waals surface area contributed by atoms with E-state index in [9.17, 15) is 13.2 Å². The maximum absolute atomic E-state index is 12.8. The zero-order valence-corrected chi connectivity index (χ0v) is 15.0. The van der Waals surface area contributed by atoms with Crippen LogP contribution in [0.25, 0.3) is 10.8 Å². The Morgan fingerprint density at radius 3 is 2.35 bits per heavy atom. The Labute approximate surface area is 151 Å². The summed E-state index contributed by atoms with van der Waals surface area (Å²) in [6.45, 7) is 0. The number of carbonyl (C=O) groups is 1. The topological polar surface area (TPSA) is 81.7 Å². The molecular weight excluding hydrogens is 354 g/mol. The quantitative estimate of drug-likeness (QED) is 0.695. The Kier molecular flexibility index (Phi) is 4.81. The van der Waals surface area contributed by atoms with Crippen molar-refractivity contribution in [2.75, 3.05) is 18.9 Å². The van der Waals surface area contributed by atoms with Gasteiger partial charge in [-0.05, 0) is 41.1 Å². The molecular formula is C19H17NO5S.